The molecule has 0 bridgehead atoms. The molecule has 0 saturated heterocycles. The van der Waals surface area contributed by atoms with Crippen molar-refractivity contribution in [1.29, 1.82) is 0 Å². The lowest BCUT2D eigenvalue weighted by Crippen LogP contribution is -2.21. The van der Waals surface area contributed by atoms with Crippen LogP contribution in [0, 0.1) is 5.82 Å². The van der Waals surface area contributed by atoms with Crippen molar-refractivity contribution in [2.45, 2.75) is 25.1 Å². The minimum absolute atomic E-state index is 0.188. The molecule has 0 radical (unpaired) electrons. The molecule has 0 spiro atoms. The van der Waals surface area contributed by atoms with Crippen LogP contribution >= 0.6 is 23.4 Å². The van der Waals surface area contributed by atoms with Crippen molar-refractivity contribution in [3.63, 3.8) is 0 Å². The maximum Gasteiger partial charge on any atom is 0.145 e. The van der Waals surface area contributed by atoms with Gasteiger partial charge < -0.3 is 5.73 Å². The van der Waals surface area contributed by atoms with E-state index in [1.807, 2.05) is 6.92 Å². The van der Waals surface area contributed by atoms with Gasteiger partial charge in [0.05, 0.1) is 5.02 Å². The lowest BCUT2D eigenvalue weighted by atomic mass is 10.2. The summed E-state index contributed by atoms with van der Waals surface area (Å²) in [5.41, 5.74) is 6.41. The highest BCUT2D eigenvalue weighted by Gasteiger charge is 2.06. The number of rotatable bonds is 5. The van der Waals surface area contributed by atoms with Crippen LogP contribution in [0.15, 0.2) is 18.2 Å². The maximum absolute atomic E-state index is 13.4. The van der Waals surface area contributed by atoms with Crippen molar-refractivity contribution in [1.82, 2.24) is 0 Å². The highest BCUT2D eigenvalue weighted by atomic mass is 35.5. The van der Waals surface area contributed by atoms with Gasteiger partial charge in [0.2, 0.25) is 0 Å². The molecule has 15 heavy (non-hydrogen) atoms. The molecule has 0 fully saturated rings. The zero-order valence-corrected chi connectivity index (χ0v) is 10.2. The van der Waals surface area contributed by atoms with E-state index in [-0.39, 0.29) is 16.9 Å². The third-order valence-electron chi connectivity index (χ3n) is 2.15. The van der Waals surface area contributed by atoms with Gasteiger partial charge in [0.1, 0.15) is 5.82 Å². The summed E-state index contributed by atoms with van der Waals surface area (Å²) in [6, 6.07) is 5.27. The molecule has 1 aromatic rings. The standard InChI is InChI=1S/C11H15ClFNS/c1-2-9(14)7-15-6-8-4-3-5-10(12)11(8)13/h3-5,9H,2,6-7,14H2,1H3. The minimum atomic E-state index is -0.309. The fourth-order valence-corrected chi connectivity index (χ4v) is 2.39. The second-order valence-electron chi connectivity index (χ2n) is 3.40. The Hall–Kier alpha value is -0.250. The molecular formula is C11H15ClFNS. The zero-order chi connectivity index (χ0) is 11.3. The van der Waals surface area contributed by atoms with Crippen molar-refractivity contribution in [2.75, 3.05) is 5.75 Å². The highest BCUT2D eigenvalue weighted by molar-refractivity contribution is 7.98. The summed E-state index contributed by atoms with van der Waals surface area (Å²) in [7, 11) is 0. The molecule has 1 unspecified atom stereocenters. The first-order valence-electron chi connectivity index (χ1n) is 4.91. The van der Waals surface area contributed by atoms with Crippen LogP contribution in [0.1, 0.15) is 18.9 Å². The van der Waals surface area contributed by atoms with Gasteiger partial charge in [-0.2, -0.15) is 11.8 Å². The Kier molecular flexibility index (Phi) is 5.43. The van der Waals surface area contributed by atoms with E-state index in [9.17, 15) is 4.39 Å². The molecule has 0 aromatic heterocycles. The van der Waals surface area contributed by atoms with Gasteiger partial charge in [-0.05, 0) is 18.1 Å². The molecule has 1 aromatic carbocycles. The summed E-state index contributed by atoms with van der Waals surface area (Å²) in [6.07, 6.45) is 0.949. The number of benzene rings is 1. The number of thioether (sulfide) groups is 1. The monoisotopic (exact) mass is 247 g/mol. The predicted octanol–water partition coefficient (Wildman–Crippen LogP) is 3.45. The quantitative estimate of drug-likeness (QED) is 0.863. The third-order valence-corrected chi connectivity index (χ3v) is 3.62. The SMILES string of the molecule is CCC(N)CSCc1cccc(Cl)c1F. The Bertz CT molecular complexity index is 319. The Morgan fingerprint density at radius 1 is 1.53 bits per heavy atom. The van der Waals surface area contributed by atoms with Crippen LogP contribution in [0.3, 0.4) is 0 Å². The Labute approximate surface area is 99.2 Å². The molecule has 1 atom stereocenters. The van der Waals surface area contributed by atoms with Crippen LogP contribution in [0.5, 0.6) is 0 Å². The first-order valence-corrected chi connectivity index (χ1v) is 6.44. The lowest BCUT2D eigenvalue weighted by Gasteiger charge is -2.08. The van der Waals surface area contributed by atoms with Crippen LogP contribution in [0.25, 0.3) is 0 Å². The van der Waals surface area contributed by atoms with Crippen molar-refractivity contribution >= 4 is 23.4 Å². The van der Waals surface area contributed by atoms with Gasteiger partial charge >= 0.3 is 0 Å². The van der Waals surface area contributed by atoms with Gasteiger partial charge in [-0.25, -0.2) is 4.39 Å². The number of nitrogens with two attached hydrogens (primary N) is 1. The second kappa shape index (κ2) is 6.36. The van der Waals surface area contributed by atoms with Gasteiger partial charge in [0, 0.05) is 17.5 Å². The van der Waals surface area contributed by atoms with E-state index in [1.54, 1.807) is 30.0 Å². The molecule has 2 N–H and O–H groups in total. The Morgan fingerprint density at radius 2 is 2.27 bits per heavy atom. The van der Waals surface area contributed by atoms with E-state index in [1.165, 1.54) is 0 Å². The summed E-state index contributed by atoms with van der Waals surface area (Å²) < 4.78 is 13.4. The Morgan fingerprint density at radius 3 is 2.93 bits per heavy atom. The first-order chi connectivity index (χ1) is 7.15. The van der Waals surface area contributed by atoms with E-state index in [0.717, 1.165) is 12.2 Å². The number of hydrogen-bond donors (Lipinski definition) is 1. The minimum Gasteiger partial charge on any atom is -0.327 e. The average Bonchev–Trinajstić information content (AvgIpc) is 2.24. The smallest absolute Gasteiger partial charge is 0.145 e. The summed E-state index contributed by atoms with van der Waals surface area (Å²) in [6.45, 7) is 2.05. The molecule has 1 nitrogen and oxygen atoms in total. The summed E-state index contributed by atoms with van der Waals surface area (Å²) in [5.74, 6) is 1.17. The predicted molar refractivity (Wildman–Crippen MR) is 65.8 cm³/mol. The maximum atomic E-state index is 13.4. The fraction of sp³-hybridized carbons (Fsp3) is 0.455. The van der Waals surface area contributed by atoms with Gasteiger partial charge in [-0.3, -0.25) is 0 Å². The van der Waals surface area contributed by atoms with Crippen molar-refractivity contribution in [3.8, 4) is 0 Å². The van der Waals surface area contributed by atoms with Crippen LogP contribution in [0.2, 0.25) is 5.02 Å². The van der Waals surface area contributed by atoms with Crippen molar-refractivity contribution in [2.24, 2.45) is 5.73 Å². The molecule has 0 heterocycles. The van der Waals surface area contributed by atoms with Crippen molar-refractivity contribution < 1.29 is 4.39 Å². The Balaban J connectivity index is 2.47. The molecular weight excluding hydrogens is 233 g/mol. The largest absolute Gasteiger partial charge is 0.327 e. The van der Waals surface area contributed by atoms with Crippen LogP contribution < -0.4 is 5.73 Å². The van der Waals surface area contributed by atoms with Crippen molar-refractivity contribution in [3.05, 3.63) is 34.6 Å². The highest BCUT2D eigenvalue weighted by Crippen LogP contribution is 2.22. The fourth-order valence-electron chi connectivity index (χ4n) is 1.10. The molecule has 0 amide bonds. The molecule has 0 saturated carbocycles. The molecule has 84 valence electrons. The van der Waals surface area contributed by atoms with Gasteiger partial charge in [0.15, 0.2) is 0 Å². The molecule has 1 rings (SSSR count). The molecule has 0 aliphatic heterocycles. The van der Waals surface area contributed by atoms with Crippen LogP contribution in [-0.2, 0) is 5.75 Å². The lowest BCUT2D eigenvalue weighted by molar-refractivity contribution is 0.617. The van der Waals surface area contributed by atoms with Gasteiger partial charge in [-0.15, -0.1) is 0 Å². The summed E-state index contributed by atoms with van der Waals surface area (Å²) >= 11 is 7.31. The van der Waals surface area contributed by atoms with Crippen LogP contribution in [0.4, 0.5) is 4.39 Å². The van der Waals surface area contributed by atoms with E-state index in [2.05, 4.69) is 0 Å². The van der Waals surface area contributed by atoms with E-state index in [0.29, 0.717) is 11.3 Å². The summed E-state index contributed by atoms with van der Waals surface area (Å²) in [5, 5.41) is 0.188. The van der Waals surface area contributed by atoms with Gasteiger partial charge in [0.25, 0.3) is 0 Å². The topological polar surface area (TPSA) is 26.0 Å². The number of hydrogen-bond acceptors (Lipinski definition) is 2. The van der Waals surface area contributed by atoms with E-state index < -0.39 is 0 Å². The second-order valence-corrected chi connectivity index (χ2v) is 4.83. The third kappa shape index (κ3) is 4.01. The van der Waals surface area contributed by atoms with Gasteiger partial charge in [-0.1, -0.05) is 30.7 Å². The normalized spacial score (nSPS) is 12.8. The molecule has 0 aliphatic rings. The molecule has 4 heteroatoms. The zero-order valence-electron chi connectivity index (χ0n) is 8.67. The first kappa shape index (κ1) is 12.8. The van der Waals surface area contributed by atoms with E-state index >= 15 is 0 Å². The van der Waals surface area contributed by atoms with Crippen LogP contribution in [-0.4, -0.2) is 11.8 Å². The van der Waals surface area contributed by atoms with E-state index in [4.69, 9.17) is 17.3 Å². The summed E-state index contributed by atoms with van der Waals surface area (Å²) in [4.78, 5) is 0. The molecule has 0 aliphatic carbocycles. The average molecular weight is 248 g/mol. The number of halogens is 2.